The normalized spacial score (nSPS) is 16.5. The molecular weight excluding hydrogens is 274 g/mol. The van der Waals surface area contributed by atoms with Gasteiger partial charge in [0.05, 0.1) is 0 Å². The average molecular weight is 303 g/mol. The Morgan fingerprint density at radius 1 is 1.18 bits per heavy atom. The van der Waals surface area contributed by atoms with Crippen LogP contribution in [0.15, 0.2) is 30.3 Å². The minimum atomic E-state index is -0.335. The Labute approximate surface area is 134 Å². The third kappa shape index (κ3) is 5.45. The highest BCUT2D eigenvalue weighted by Crippen LogP contribution is 2.29. The molecule has 22 heavy (non-hydrogen) atoms. The molecular formula is C19H29NO2. The summed E-state index contributed by atoms with van der Waals surface area (Å²) in [6.45, 7) is 6.18. The second-order valence-corrected chi connectivity index (χ2v) is 6.79. The Bertz CT molecular complexity index is 450. The van der Waals surface area contributed by atoms with Gasteiger partial charge in [-0.2, -0.15) is 0 Å². The summed E-state index contributed by atoms with van der Waals surface area (Å²) < 4.78 is 5.76. The highest BCUT2D eigenvalue weighted by molar-refractivity contribution is 5.69. The Morgan fingerprint density at radius 2 is 1.86 bits per heavy atom. The molecule has 0 aromatic heterocycles. The van der Waals surface area contributed by atoms with E-state index >= 15 is 0 Å². The molecule has 0 amide bonds. The molecule has 1 fully saturated rings. The Balaban J connectivity index is 1.66. The molecule has 1 aliphatic rings. The lowest BCUT2D eigenvalue weighted by Gasteiger charge is -2.36. The first-order chi connectivity index (χ1) is 10.6. The van der Waals surface area contributed by atoms with Crippen LogP contribution in [0, 0.1) is 5.92 Å². The smallest absolute Gasteiger partial charge is 0.306 e. The second-order valence-electron chi connectivity index (χ2n) is 6.79. The molecule has 3 heteroatoms. The molecule has 0 spiro atoms. The number of carbonyl (C=O) groups excluding carboxylic acids is 1. The Kier molecular flexibility index (Phi) is 6.44. The lowest BCUT2D eigenvalue weighted by atomic mass is 9.83. The number of nitrogens with one attached hydrogen (secondary N) is 1. The first-order valence-electron chi connectivity index (χ1n) is 8.54. The zero-order valence-electron chi connectivity index (χ0n) is 13.9. The van der Waals surface area contributed by atoms with E-state index in [1.165, 1.54) is 5.56 Å². The predicted octanol–water partition coefficient (Wildman–Crippen LogP) is 3.72. The van der Waals surface area contributed by atoms with Crippen LogP contribution in [0.5, 0.6) is 0 Å². The molecule has 1 aliphatic heterocycles. The summed E-state index contributed by atoms with van der Waals surface area (Å²) in [6.07, 6.45) is 5.68. The van der Waals surface area contributed by atoms with E-state index in [2.05, 4.69) is 43.4 Å². The van der Waals surface area contributed by atoms with Crippen molar-refractivity contribution < 1.29 is 9.53 Å². The molecule has 0 aliphatic carbocycles. The van der Waals surface area contributed by atoms with Gasteiger partial charge in [0.2, 0.25) is 0 Å². The molecule has 1 aromatic carbocycles. The van der Waals surface area contributed by atoms with Gasteiger partial charge in [0.25, 0.3) is 0 Å². The standard InChI is InChI=1S/C19H29NO2/c1-19(2,17-12-14-20-15-13-17)22-18(21)11-7-6-10-16-8-4-3-5-9-16/h3-5,8-9,17,20H,6-7,10-15H2,1-2H3. The van der Waals surface area contributed by atoms with Crippen molar-refractivity contribution >= 4 is 5.97 Å². The molecule has 0 saturated carbocycles. The van der Waals surface area contributed by atoms with Crippen LogP contribution in [-0.4, -0.2) is 24.7 Å². The van der Waals surface area contributed by atoms with E-state index in [1.807, 2.05) is 6.07 Å². The summed E-state index contributed by atoms with van der Waals surface area (Å²) >= 11 is 0. The molecule has 1 N–H and O–H groups in total. The first kappa shape index (κ1) is 17.0. The topological polar surface area (TPSA) is 38.3 Å². The number of aryl methyl sites for hydroxylation is 1. The number of carbonyl (C=O) groups is 1. The Hall–Kier alpha value is -1.35. The van der Waals surface area contributed by atoms with Crippen LogP contribution >= 0.6 is 0 Å². The van der Waals surface area contributed by atoms with E-state index in [0.29, 0.717) is 12.3 Å². The van der Waals surface area contributed by atoms with E-state index in [4.69, 9.17) is 4.74 Å². The SMILES string of the molecule is CC(C)(OC(=O)CCCCc1ccccc1)C1CCNCC1. The summed E-state index contributed by atoms with van der Waals surface area (Å²) in [6, 6.07) is 10.4. The summed E-state index contributed by atoms with van der Waals surface area (Å²) in [5, 5.41) is 3.36. The number of rotatable bonds is 7. The first-order valence-corrected chi connectivity index (χ1v) is 8.54. The zero-order valence-corrected chi connectivity index (χ0v) is 13.9. The molecule has 1 saturated heterocycles. The molecule has 0 atom stereocenters. The van der Waals surface area contributed by atoms with Crippen LogP contribution in [0.2, 0.25) is 0 Å². The van der Waals surface area contributed by atoms with Crippen LogP contribution in [0.4, 0.5) is 0 Å². The summed E-state index contributed by atoms with van der Waals surface area (Å²) in [5.74, 6) is 0.429. The quantitative estimate of drug-likeness (QED) is 0.616. The van der Waals surface area contributed by atoms with Crippen molar-refractivity contribution in [1.29, 1.82) is 0 Å². The van der Waals surface area contributed by atoms with E-state index in [0.717, 1.165) is 45.2 Å². The van der Waals surface area contributed by atoms with Gasteiger partial charge in [0.15, 0.2) is 0 Å². The van der Waals surface area contributed by atoms with Crippen molar-refractivity contribution in [1.82, 2.24) is 5.32 Å². The van der Waals surface area contributed by atoms with Crippen LogP contribution in [0.25, 0.3) is 0 Å². The second kappa shape index (κ2) is 8.33. The van der Waals surface area contributed by atoms with Gasteiger partial charge in [-0.1, -0.05) is 30.3 Å². The number of unbranched alkanes of at least 4 members (excludes halogenated alkanes) is 1. The highest BCUT2D eigenvalue weighted by atomic mass is 16.6. The molecule has 122 valence electrons. The molecule has 1 heterocycles. The van der Waals surface area contributed by atoms with Gasteiger partial charge >= 0.3 is 5.97 Å². The number of benzene rings is 1. The number of piperidine rings is 1. The van der Waals surface area contributed by atoms with Gasteiger partial charge in [-0.3, -0.25) is 4.79 Å². The fraction of sp³-hybridized carbons (Fsp3) is 0.632. The minimum absolute atomic E-state index is 0.0448. The van der Waals surface area contributed by atoms with Gasteiger partial charge in [-0.15, -0.1) is 0 Å². The number of ether oxygens (including phenoxy) is 1. The van der Waals surface area contributed by atoms with Gasteiger partial charge in [0.1, 0.15) is 5.60 Å². The van der Waals surface area contributed by atoms with Gasteiger partial charge in [-0.25, -0.2) is 0 Å². The van der Waals surface area contributed by atoms with E-state index in [-0.39, 0.29) is 11.6 Å². The van der Waals surface area contributed by atoms with Crippen molar-refractivity contribution in [3.05, 3.63) is 35.9 Å². The third-order valence-corrected chi connectivity index (χ3v) is 4.64. The maximum atomic E-state index is 12.1. The van der Waals surface area contributed by atoms with Gasteiger partial charge in [-0.05, 0) is 64.6 Å². The van der Waals surface area contributed by atoms with Crippen molar-refractivity contribution in [2.24, 2.45) is 5.92 Å². The summed E-state index contributed by atoms with van der Waals surface area (Å²) in [4.78, 5) is 12.1. The summed E-state index contributed by atoms with van der Waals surface area (Å²) in [7, 11) is 0. The van der Waals surface area contributed by atoms with Crippen LogP contribution in [-0.2, 0) is 16.0 Å². The lowest BCUT2D eigenvalue weighted by Crippen LogP contribution is -2.42. The largest absolute Gasteiger partial charge is 0.459 e. The zero-order chi connectivity index (χ0) is 15.8. The fourth-order valence-corrected chi connectivity index (χ4v) is 3.19. The van der Waals surface area contributed by atoms with Crippen molar-refractivity contribution in [3.8, 4) is 0 Å². The lowest BCUT2D eigenvalue weighted by molar-refractivity contribution is -0.162. The highest BCUT2D eigenvalue weighted by Gasteiger charge is 2.33. The van der Waals surface area contributed by atoms with E-state index < -0.39 is 0 Å². The number of hydrogen-bond acceptors (Lipinski definition) is 3. The van der Waals surface area contributed by atoms with E-state index in [1.54, 1.807) is 0 Å². The molecule has 1 aromatic rings. The Morgan fingerprint density at radius 3 is 2.55 bits per heavy atom. The number of esters is 1. The minimum Gasteiger partial charge on any atom is -0.459 e. The number of hydrogen-bond donors (Lipinski definition) is 1. The summed E-state index contributed by atoms with van der Waals surface area (Å²) in [5.41, 5.74) is 1.00. The fourth-order valence-electron chi connectivity index (χ4n) is 3.19. The van der Waals surface area contributed by atoms with Crippen LogP contribution in [0.3, 0.4) is 0 Å². The maximum absolute atomic E-state index is 12.1. The maximum Gasteiger partial charge on any atom is 0.306 e. The molecule has 0 unspecified atom stereocenters. The molecule has 0 radical (unpaired) electrons. The van der Waals surface area contributed by atoms with Gasteiger partial charge in [0, 0.05) is 12.3 Å². The third-order valence-electron chi connectivity index (χ3n) is 4.64. The monoisotopic (exact) mass is 303 g/mol. The van der Waals surface area contributed by atoms with E-state index in [9.17, 15) is 4.79 Å². The molecule has 2 rings (SSSR count). The van der Waals surface area contributed by atoms with Crippen molar-refractivity contribution in [2.45, 2.75) is 58.0 Å². The van der Waals surface area contributed by atoms with Crippen LogP contribution in [0.1, 0.15) is 51.5 Å². The van der Waals surface area contributed by atoms with Crippen LogP contribution < -0.4 is 5.32 Å². The van der Waals surface area contributed by atoms with Crippen molar-refractivity contribution in [3.63, 3.8) is 0 Å². The average Bonchev–Trinajstić information content (AvgIpc) is 2.53. The predicted molar refractivity (Wildman–Crippen MR) is 89.8 cm³/mol. The van der Waals surface area contributed by atoms with Gasteiger partial charge < -0.3 is 10.1 Å². The molecule has 3 nitrogen and oxygen atoms in total. The van der Waals surface area contributed by atoms with Crippen molar-refractivity contribution in [2.75, 3.05) is 13.1 Å². The molecule has 0 bridgehead atoms.